The van der Waals surface area contributed by atoms with Crippen LogP contribution in [0.2, 0.25) is 0 Å². The van der Waals surface area contributed by atoms with Gasteiger partial charge in [0.1, 0.15) is 5.75 Å². The number of pyridine rings is 1. The molecule has 23 heavy (non-hydrogen) atoms. The Labute approximate surface area is 137 Å². The normalized spacial score (nSPS) is 13.0. The first-order chi connectivity index (χ1) is 10.8. The van der Waals surface area contributed by atoms with Gasteiger partial charge in [0.05, 0.1) is 0 Å². The van der Waals surface area contributed by atoms with E-state index in [1.165, 1.54) is 0 Å². The Morgan fingerprint density at radius 3 is 2.61 bits per heavy atom. The number of hydrogen-bond acceptors (Lipinski definition) is 3. The molecule has 1 heterocycles. The zero-order chi connectivity index (χ0) is 17.0. The topological polar surface area (TPSA) is 70.4 Å². The molecule has 0 radical (unpaired) electrons. The van der Waals surface area contributed by atoms with E-state index in [9.17, 15) is 14.6 Å². The summed E-state index contributed by atoms with van der Waals surface area (Å²) in [6, 6.07) is 8.93. The fourth-order valence-corrected chi connectivity index (χ4v) is 2.91. The molecule has 2 aromatic rings. The number of phenolic OH excluding ortho intramolecular Hbond substituents is 1. The van der Waals surface area contributed by atoms with Gasteiger partial charge in [-0.3, -0.25) is 4.98 Å². The van der Waals surface area contributed by atoms with E-state index in [0.29, 0.717) is 11.7 Å². The molecule has 4 nitrogen and oxygen atoms in total. The van der Waals surface area contributed by atoms with Crippen LogP contribution in [0.1, 0.15) is 37.5 Å². The Kier molecular flexibility index (Phi) is 5.30. The van der Waals surface area contributed by atoms with Gasteiger partial charge in [0, 0.05) is 18.8 Å². The molecule has 1 unspecified atom stereocenters. The molecule has 2 rings (SSSR count). The first kappa shape index (κ1) is 17.3. The second-order valence-corrected chi connectivity index (χ2v) is 7.59. The van der Waals surface area contributed by atoms with Crippen molar-refractivity contribution in [2.45, 2.75) is 32.6 Å². The highest BCUT2D eigenvalue weighted by Gasteiger charge is 2.23. The number of nitrogens with zero attached hydrogens (tertiary/aromatic N) is 1. The predicted molar refractivity (Wildman–Crippen MR) is 92.6 cm³/mol. The highest BCUT2D eigenvalue weighted by molar-refractivity contribution is 7.43. The van der Waals surface area contributed by atoms with E-state index in [-0.39, 0.29) is 11.2 Å². The van der Waals surface area contributed by atoms with Crippen LogP contribution in [-0.4, -0.2) is 15.0 Å². The summed E-state index contributed by atoms with van der Waals surface area (Å²) in [4.78, 5) is 13.6. The minimum absolute atomic E-state index is 0.200. The van der Waals surface area contributed by atoms with Gasteiger partial charge in [0.25, 0.3) is 0 Å². The standard InChI is InChI=1S/C18H20NO3P/c1-18(2,3)16-11-13(6-7-17(16)20)9-15(23(21)22)10-14-5-4-8-19-12-14/h4-8,10-12H,9H2,1-3H3,(H-,20,21,22)/p+1. The number of allylic oxidation sites excluding steroid dienone is 1. The second-order valence-electron chi connectivity index (χ2n) is 6.47. The molecular weight excluding hydrogens is 309 g/mol. The third kappa shape index (κ3) is 4.72. The molecule has 1 atom stereocenters. The number of aromatic nitrogens is 1. The van der Waals surface area contributed by atoms with Gasteiger partial charge in [0.2, 0.25) is 5.31 Å². The first-order valence-corrected chi connectivity index (χ1v) is 8.58. The van der Waals surface area contributed by atoms with Gasteiger partial charge in [0.15, 0.2) is 0 Å². The van der Waals surface area contributed by atoms with Crippen molar-refractivity contribution < 1.29 is 14.6 Å². The monoisotopic (exact) mass is 330 g/mol. The van der Waals surface area contributed by atoms with Crippen molar-refractivity contribution in [1.29, 1.82) is 0 Å². The van der Waals surface area contributed by atoms with Crippen molar-refractivity contribution in [3.63, 3.8) is 0 Å². The molecule has 0 saturated heterocycles. The molecule has 5 heteroatoms. The lowest BCUT2D eigenvalue weighted by molar-refractivity contribution is 0.446. The molecule has 0 fully saturated rings. The summed E-state index contributed by atoms with van der Waals surface area (Å²) < 4.78 is 11.7. The van der Waals surface area contributed by atoms with Crippen LogP contribution in [0, 0.1) is 0 Å². The zero-order valence-corrected chi connectivity index (χ0v) is 14.4. The smallest absolute Gasteiger partial charge is 0.508 e. The van der Waals surface area contributed by atoms with Crippen molar-refractivity contribution >= 4 is 14.1 Å². The first-order valence-electron chi connectivity index (χ1n) is 7.36. The number of aromatic hydroxyl groups is 1. The average molecular weight is 330 g/mol. The van der Waals surface area contributed by atoms with Gasteiger partial charge in [-0.2, -0.15) is 4.89 Å². The molecule has 0 bridgehead atoms. The van der Waals surface area contributed by atoms with Crippen LogP contribution in [0.4, 0.5) is 0 Å². The zero-order valence-electron chi connectivity index (χ0n) is 13.5. The van der Waals surface area contributed by atoms with Crippen molar-refractivity contribution in [3.05, 3.63) is 64.7 Å². The predicted octanol–water partition coefficient (Wildman–Crippen LogP) is 4.40. The molecule has 120 valence electrons. The summed E-state index contributed by atoms with van der Waals surface area (Å²) in [5, 5.41) is 10.4. The number of phenols is 1. The lowest BCUT2D eigenvalue weighted by Crippen LogP contribution is -2.11. The summed E-state index contributed by atoms with van der Waals surface area (Å²) in [6.45, 7) is 6.06. The number of rotatable bonds is 4. The van der Waals surface area contributed by atoms with E-state index in [1.54, 1.807) is 36.7 Å². The highest BCUT2D eigenvalue weighted by Crippen LogP contribution is 2.35. The summed E-state index contributed by atoms with van der Waals surface area (Å²) in [7, 11) is -2.44. The minimum atomic E-state index is -2.44. The molecule has 0 spiro atoms. The Balaban J connectivity index is 2.35. The van der Waals surface area contributed by atoms with Crippen LogP contribution in [0.5, 0.6) is 5.75 Å². The number of benzene rings is 1. The lowest BCUT2D eigenvalue weighted by atomic mass is 9.85. The largest absolute Gasteiger partial charge is 0.541 e. The molecular formula is C18H21NO3P+. The van der Waals surface area contributed by atoms with Crippen molar-refractivity contribution in [1.82, 2.24) is 4.98 Å². The van der Waals surface area contributed by atoms with Gasteiger partial charge in [-0.25, -0.2) is 0 Å². The molecule has 0 aliphatic rings. The van der Waals surface area contributed by atoms with Gasteiger partial charge in [-0.15, -0.1) is 0 Å². The van der Waals surface area contributed by atoms with E-state index < -0.39 is 8.03 Å². The summed E-state index contributed by atoms with van der Waals surface area (Å²) in [6.07, 6.45) is 5.35. The quantitative estimate of drug-likeness (QED) is 0.815. The van der Waals surface area contributed by atoms with Gasteiger partial charge in [-0.05, 0) is 44.9 Å². The highest BCUT2D eigenvalue weighted by atomic mass is 31.1. The number of hydrogen-bond donors (Lipinski definition) is 2. The van der Waals surface area contributed by atoms with E-state index >= 15 is 0 Å². The molecule has 0 amide bonds. The fraction of sp³-hybridized carbons (Fsp3) is 0.278. The molecule has 0 aliphatic carbocycles. The molecule has 1 aromatic heterocycles. The fourth-order valence-electron chi connectivity index (χ4n) is 2.33. The van der Waals surface area contributed by atoms with Gasteiger partial charge in [-0.1, -0.05) is 39.0 Å². The SMILES string of the molecule is CC(C)(C)c1cc(CC(=Cc2cccnc2)[P+](=O)O)ccc1O. The van der Waals surface area contributed by atoms with Crippen molar-refractivity contribution in [2.75, 3.05) is 0 Å². The molecule has 0 saturated carbocycles. The van der Waals surface area contributed by atoms with E-state index in [2.05, 4.69) is 4.98 Å². The van der Waals surface area contributed by atoms with Gasteiger partial charge >= 0.3 is 8.03 Å². The van der Waals surface area contributed by atoms with Crippen LogP contribution in [-0.2, 0) is 16.4 Å². The lowest BCUT2D eigenvalue weighted by Gasteiger charge is -2.21. The maximum Gasteiger partial charge on any atom is 0.541 e. The summed E-state index contributed by atoms with van der Waals surface area (Å²) >= 11 is 0. The average Bonchev–Trinajstić information content (AvgIpc) is 2.48. The van der Waals surface area contributed by atoms with Crippen molar-refractivity contribution in [3.8, 4) is 5.75 Å². The van der Waals surface area contributed by atoms with Crippen LogP contribution in [0.15, 0.2) is 48.0 Å². The van der Waals surface area contributed by atoms with E-state index in [4.69, 9.17) is 0 Å². The van der Waals surface area contributed by atoms with E-state index in [1.807, 2.05) is 32.9 Å². The minimum Gasteiger partial charge on any atom is -0.508 e. The van der Waals surface area contributed by atoms with Crippen molar-refractivity contribution in [2.24, 2.45) is 0 Å². The molecule has 1 aromatic carbocycles. The van der Waals surface area contributed by atoms with Crippen LogP contribution in [0.3, 0.4) is 0 Å². The third-order valence-corrected chi connectivity index (χ3v) is 4.30. The maximum atomic E-state index is 11.7. The Hall–Kier alpha value is -2.03. The molecule has 2 N–H and O–H groups in total. The van der Waals surface area contributed by atoms with Crippen LogP contribution in [0.25, 0.3) is 6.08 Å². The van der Waals surface area contributed by atoms with Crippen LogP contribution >= 0.6 is 8.03 Å². The maximum absolute atomic E-state index is 11.7. The summed E-state index contributed by atoms with van der Waals surface area (Å²) in [5.41, 5.74) is 2.30. The Bertz CT molecular complexity index is 734. The summed E-state index contributed by atoms with van der Waals surface area (Å²) in [5.74, 6) is 0.243. The Morgan fingerprint density at radius 2 is 2.04 bits per heavy atom. The molecule has 0 aliphatic heterocycles. The Morgan fingerprint density at radius 1 is 1.30 bits per heavy atom. The van der Waals surface area contributed by atoms with E-state index in [0.717, 1.165) is 16.7 Å². The van der Waals surface area contributed by atoms with Gasteiger partial charge < -0.3 is 5.11 Å². The van der Waals surface area contributed by atoms with Crippen LogP contribution < -0.4 is 0 Å². The third-order valence-electron chi connectivity index (χ3n) is 3.52. The second kappa shape index (κ2) is 7.03.